The molecule has 0 saturated carbocycles. The van der Waals surface area contributed by atoms with E-state index in [9.17, 15) is 18.4 Å². The molecule has 0 unspecified atom stereocenters. The molecule has 3 amide bonds. The minimum Gasteiger partial charge on any atom is -0.497 e. The van der Waals surface area contributed by atoms with Gasteiger partial charge in [0, 0.05) is 35.2 Å². The van der Waals surface area contributed by atoms with E-state index in [1.807, 2.05) is 0 Å². The van der Waals surface area contributed by atoms with Crippen LogP contribution in [-0.2, 0) is 16.2 Å². The molecule has 1 N–H and O–H groups in total. The molecule has 186 valence electrons. The van der Waals surface area contributed by atoms with Crippen molar-refractivity contribution in [1.29, 1.82) is 0 Å². The summed E-state index contributed by atoms with van der Waals surface area (Å²) < 4.78 is 39.7. The third-order valence-corrected chi connectivity index (χ3v) is 7.76. The molecule has 1 fully saturated rings. The second-order valence-corrected chi connectivity index (χ2v) is 9.57. The average Bonchev–Trinajstić information content (AvgIpc) is 3.43. The lowest BCUT2D eigenvalue weighted by Gasteiger charge is -2.33. The van der Waals surface area contributed by atoms with Gasteiger partial charge in [-0.15, -0.1) is 11.8 Å². The van der Waals surface area contributed by atoms with Gasteiger partial charge in [-0.3, -0.25) is 9.69 Å². The van der Waals surface area contributed by atoms with Crippen molar-refractivity contribution in [2.24, 2.45) is 0 Å². The van der Waals surface area contributed by atoms with Crippen molar-refractivity contribution < 1.29 is 27.8 Å². The van der Waals surface area contributed by atoms with Gasteiger partial charge in [-0.25, -0.2) is 13.6 Å². The predicted molar refractivity (Wildman–Crippen MR) is 133 cm³/mol. The van der Waals surface area contributed by atoms with Crippen LogP contribution in [0.4, 0.5) is 25.0 Å². The maximum absolute atomic E-state index is 14.5. The Morgan fingerprint density at radius 3 is 2.44 bits per heavy atom. The summed E-state index contributed by atoms with van der Waals surface area (Å²) in [4.78, 5) is 28.9. The van der Waals surface area contributed by atoms with Crippen LogP contribution < -0.4 is 19.7 Å². The van der Waals surface area contributed by atoms with Crippen molar-refractivity contribution in [1.82, 2.24) is 4.90 Å². The molecule has 2 aliphatic rings. The number of methoxy groups -OCH3 is 2. The maximum Gasteiger partial charge on any atom is 0.323 e. The number of nitrogens with zero attached hydrogens (tertiary/aromatic N) is 2. The first-order valence-corrected chi connectivity index (χ1v) is 12.2. The molecule has 1 atom stereocenters. The molecule has 1 spiro atoms. The van der Waals surface area contributed by atoms with E-state index in [2.05, 4.69) is 5.32 Å². The van der Waals surface area contributed by atoms with Crippen LogP contribution in [-0.4, -0.2) is 43.4 Å². The number of carbonyl (C=O) groups is 2. The van der Waals surface area contributed by atoms with Gasteiger partial charge >= 0.3 is 6.03 Å². The lowest BCUT2D eigenvalue weighted by Crippen LogP contribution is -2.51. The van der Waals surface area contributed by atoms with Crippen LogP contribution in [0.2, 0.25) is 0 Å². The van der Waals surface area contributed by atoms with Crippen LogP contribution in [0.3, 0.4) is 0 Å². The zero-order valence-electron chi connectivity index (χ0n) is 19.6. The van der Waals surface area contributed by atoms with Crippen molar-refractivity contribution in [3.8, 4) is 11.5 Å². The van der Waals surface area contributed by atoms with Gasteiger partial charge in [-0.1, -0.05) is 12.1 Å². The highest BCUT2D eigenvalue weighted by atomic mass is 32.2. The van der Waals surface area contributed by atoms with Gasteiger partial charge in [-0.05, 0) is 42.5 Å². The van der Waals surface area contributed by atoms with E-state index < -0.39 is 28.4 Å². The lowest BCUT2D eigenvalue weighted by molar-refractivity contribution is -0.123. The van der Waals surface area contributed by atoms with Gasteiger partial charge in [0.2, 0.25) is 0 Å². The number of hydrogen-bond donors (Lipinski definition) is 1. The summed E-state index contributed by atoms with van der Waals surface area (Å²) in [5.41, 5.74) is 1.29. The molecule has 7 nitrogen and oxygen atoms in total. The molecule has 0 radical (unpaired) electrons. The van der Waals surface area contributed by atoms with Crippen LogP contribution in [0.1, 0.15) is 11.1 Å². The number of rotatable bonds is 5. The van der Waals surface area contributed by atoms with Crippen LogP contribution >= 0.6 is 11.8 Å². The number of anilines is 2. The van der Waals surface area contributed by atoms with Crippen molar-refractivity contribution in [2.75, 3.05) is 36.7 Å². The average molecular weight is 512 g/mol. The third kappa shape index (κ3) is 3.81. The van der Waals surface area contributed by atoms with E-state index >= 15 is 0 Å². The molecular formula is C26H23F2N3O4S. The Labute approximate surface area is 211 Å². The summed E-state index contributed by atoms with van der Waals surface area (Å²) in [7, 11) is 3.04. The van der Waals surface area contributed by atoms with Crippen molar-refractivity contribution in [2.45, 2.75) is 11.4 Å². The smallest absolute Gasteiger partial charge is 0.323 e. The Kier molecular flexibility index (Phi) is 6.21. The zero-order valence-corrected chi connectivity index (χ0v) is 20.4. The van der Waals surface area contributed by atoms with E-state index in [0.29, 0.717) is 40.7 Å². The molecule has 5 rings (SSSR count). The minimum absolute atomic E-state index is 0.222. The second-order valence-electron chi connectivity index (χ2n) is 8.28. The number of fused-ring (bicyclic) bond motifs is 2. The van der Waals surface area contributed by atoms with Crippen LogP contribution in [0, 0.1) is 11.6 Å². The van der Waals surface area contributed by atoms with E-state index in [4.69, 9.17) is 9.47 Å². The number of carbonyl (C=O) groups excluding carboxylic acids is 2. The highest BCUT2D eigenvalue weighted by molar-refractivity contribution is 8.01. The summed E-state index contributed by atoms with van der Waals surface area (Å²) in [6.07, 6.45) is 0. The Morgan fingerprint density at radius 2 is 1.72 bits per heavy atom. The molecule has 3 aromatic rings. The van der Waals surface area contributed by atoms with Crippen molar-refractivity contribution >= 4 is 35.1 Å². The monoisotopic (exact) mass is 511 g/mol. The van der Waals surface area contributed by atoms with Gasteiger partial charge in [0.1, 0.15) is 23.1 Å². The van der Waals surface area contributed by atoms with Gasteiger partial charge in [-0.2, -0.15) is 0 Å². The SMILES string of the molecule is COc1cccc(NC(=O)N2CCS[C@]23C(=O)N(Cc2c(F)cccc2F)c2ccc(OC)cc23)c1. The molecule has 1 saturated heterocycles. The van der Waals surface area contributed by atoms with Crippen LogP contribution in [0.25, 0.3) is 0 Å². The van der Waals surface area contributed by atoms with E-state index in [0.717, 1.165) is 12.1 Å². The highest BCUT2D eigenvalue weighted by Gasteiger charge is 2.59. The number of ether oxygens (including phenoxy) is 2. The number of amides is 3. The fourth-order valence-electron chi connectivity index (χ4n) is 4.61. The predicted octanol–water partition coefficient (Wildman–Crippen LogP) is 4.96. The quantitative estimate of drug-likeness (QED) is 0.524. The lowest BCUT2D eigenvalue weighted by atomic mass is 10.1. The summed E-state index contributed by atoms with van der Waals surface area (Å²) in [6, 6.07) is 15.1. The number of nitrogens with one attached hydrogen (secondary N) is 1. The Morgan fingerprint density at radius 1 is 1.03 bits per heavy atom. The van der Waals surface area contributed by atoms with Gasteiger partial charge in [0.15, 0.2) is 4.87 Å². The first-order chi connectivity index (χ1) is 17.4. The number of hydrogen-bond acceptors (Lipinski definition) is 5. The first kappa shape index (κ1) is 23.9. The number of urea groups is 1. The van der Waals surface area contributed by atoms with E-state index in [1.54, 1.807) is 42.5 Å². The van der Waals surface area contributed by atoms with Gasteiger partial charge < -0.3 is 19.7 Å². The Balaban J connectivity index is 1.55. The van der Waals surface area contributed by atoms with Gasteiger partial charge in [0.05, 0.1) is 26.5 Å². The maximum atomic E-state index is 14.5. The molecule has 0 bridgehead atoms. The fourth-order valence-corrected chi connectivity index (χ4v) is 6.06. The summed E-state index contributed by atoms with van der Waals surface area (Å²) in [5, 5.41) is 2.84. The molecule has 0 aromatic heterocycles. The molecule has 3 aromatic carbocycles. The highest BCUT2D eigenvalue weighted by Crippen LogP contribution is 2.55. The minimum atomic E-state index is -1.41. The zero-order chi connectivity index (χ0) is 25.4. The number of halogens is 2. The largest absolute Gasteiger partial charge is 0.497 e. The molecule has 2 heterocycles. The van der Waals surface area contributed by atoms with Crippen LogP contribution in [0.5, 0.6) is 11.5 Å². The van der Waals surface area contributed by atoms with E-state index in [-0.39, 0.29) is 12.1 Å². The van der Waals surface area contributed by atoms with Crippen molar-refractivity contribution in [3.05, 3.63) is 83.4 Å². The third-order valence-electron chi connectivity index (χ3n) is 6.34. The first-order valence-electron chi connectivity index (χ1n) is 11.2. The molecule has 2 aliphatic heterocycles. The summed E-state index contributed by atoms with van der Waals surface area (Å²) in [6.45, 7) is -0.0188. The fraction of sp³-hybridized carbons (Fsp3) is 0.231. The molecule has 0 aliphatic carbocycles. The molecule has 10 heteroatoms. The molecule has 36 heavy (non-hydrogen) atoms. The second kappa shape index (κ2) is 9.34. The molecular weight excluding hydrogens is 488 g/mol. The summed E-state index contributed by atoms with van der Waals surface area (Å²) >= 11 is 1.31. The number of benzene rings is 3. The number of thioether (sulfide) groups is 1. The van der Waals surface area contributed by atoms with Crippen LogP contribution in [0.15, 0.2) is 60.7 Å². The normalized spacial score (nSPS) is 18.5. The standard InChI is InChI=1S/C26H23F2N3O4S/c1-34-17-6-3-5-16(13-17)29-25(33)31-11-12-36-26(31)20-14-18(35-2)9-10-23(20)30(24(26)32)15-19-21(27)7-4-8-22(19)28/h3-10,13-14H,11-12,15H2,1-2H3,(H,29,33)/t26-/m1/s1. The Bertz CT molecular complexity index is 1330. The van der Waals surface area contributed by atoms with E-state index in [1.165, 1.54) is 41.8 Å². The van der Waals surface area contributed by atoms with Crippen molar-refractivity contribution in [3.63, 3.8) is 0 Å². The van der Waals surface area contributed by atoms with Gasteiger partial charge in [0.25, 0.3) is 5.91 Å². The Hall–Kier alpha value is -3.79. The topological polar surface area (TPSA) is 71.1 Å². The summed E-state index contributed by atoms with van der Waals surface area (Å²) in [5.74, 6) is -0.368.